The van der Waals surface area contributed by atoms with Gasteiger partial charge in [0.25, 0.3) is 5.91 Å². The minimum absolute atomic E-state index is 0.0559. The van der Waals surface area contributed by atoms with Gasteiger partial charge in [-0.2, -0.15) is 0 Å². The Bertz CT molecular complexity index is 1960. The number of nitrogens with zero attached hydrogens (tertiary/aromatic N) is 2. The lowest BCUT2D eigenvalue weighted by Gasteiger charge is -2.31. The second-order valence-corrected chi connectivity index (χ2v) is 17.7. The van der Waals surface area contributed by atoms with E-state index in [4.69, 9.17) is 5.73 Å². The number of hydrogen-bond donors (Lipinski definition) is 9. The van der Waals surface area contributed by atoms with Crippen LogP contribution in [0.3, 0.4) is 0 Å². The maximum atomic E-state index is 14.2. The average Bonchev–Trinajstić information content (AvgIpc) is 3.27. The summed E-state index contributed by atoms with van der Waals surface area (Å²) in [5, 5.41) is 51.6. The molecule has 18 nitrogen and oxygen atoms in total. The number of benzene rings is 2. The van der Waals surface area contributed by atoms with Gasteiger partial charge in [-0.3, -0.25) is 28.8 Å². The molecular weight excluding hydrogens is 851 g/mol. The molecule has 10 N–H and O–H groups in total. The number of nitrogens with one attached hydrogen (secondary N) is 4. The van der Waals surface area contributed by atoms with Gasteiger partial charge in [-0.1, -0.05) is 110 Å². The summed E-state index contributed by atoms with van der Waals surface area (Å²) in [6.07, 6.45) is 13.3. The van der Waals surface area contributed by atoms with E-state index in [1.165, 1.54) is 102 Å². The number of unbranched alkanes of at least 4 members (excludes halogenated alkanes) is 12. The molecule has 0 aromatic heterocycles. The molecule has 5 atom stereocenters. The Balaban J connectivity index is 1.66. The van der Waals surface area contributed by atoms with E-state index in [0.717, 1.165) is 35.5 Å². The van der Waals surface area contributed by atoms with E-state index in [-0.39, 0.29) is 59.3 Å². The van der Waals surface area contributed by atoms with Gasteiger partial charge in [-0.25, -0.2) is 4.79 Å². The molecule has 0 aliphatic carbocycles. The minimum Gasteiger partial charge on any atom is -0.507 e. The normalized spacial score (nSPS) is 17.1. The monoisotopic (exact) mass is 924 g/mol. The number of aliphatic carboxylic acids is 1. The summed E-state index contributed by atoms with van der Waals surface area (Å²) in [5.74, 6) is -6.79. The van der Waals surface area contributed by atoms with Crippen LogP contribution in [0, 0.1) is 5.92 Å². The fraction of sp³-hybridized carbons (Fsp3) is 0.604. The molecule has 1 heterocycles. The van der Waals surface area contributed by atoms with Crippen LogP contribution in [-0.2, 0) is 40.0 Å². The molecule has 6 amide bonds. The number of carbonyl (C=O) groups excluding carboxylic acids is 6. The quantitative estimate of drug-likeness (QED) is 0.0509. The predicted molar refractivity (Wildman–Crippen MR) is 248 cm³/mol. The molecular formula is C48H73N7O11. The number of carbonyl (C=O) groups is 7. The van der Waals surface area contributed by atoms with Crippen LogP contribution < -0.4 is 27.0 Å². The summed E-state index contributed by atoms with van der Waals surface area (Å²) in [5.41, 5.74) is 6.67. The molecule has 18 heteroatoms. The maximum Gasteiger partial charge on any atom is 0.326 e. The second kappa shape index (κ2) is 27.7. The topological polar surface area (TPSA) is 281 Å². The third kappa shape index (κ3) is 16.9. The number of rotatable bonds is 25. The Morgan fingerprint density at radius 3 is 1.89 bits per heavy atom. The first kappa shape index (κ1) is 54.6. The zero-order valence-electron chi connectivity index (χ0n) is 39.3. The fourth-order valence-corrected chi connectivity index (χ4v) is 7.96. The minimum atomic E-state index is -1.71. The average molecular weight is 924 g/mol. The van der Waals surface area contributed by atoms with Gasteiger partial charge in [0.15, 0.2) is 6.17 Å². The fourth-order valence-electron chi connectivity index (χ4n) is 7.96. The lowest BCUT2D eigenvalue weighted by Crippen LogP contribution is -2.59. The van der Waals surface area contributed by atoms with Crippen molar-refractivity contribution in [1.29, 1.82) is 0 Å². The number of hydrogen-bond acceptors (Lipinski definition) is 11. The molecule has 66 heavy (non-hydrogen) atoms. The molecule has 0 spiro atoms. The molecule has 0 radical (unpaired) electrons. The molecule has 0 fully saturated rings. The highest BCUT2D eigenvalue weighted by atomic mass is 16.4. The van der Waals surface area contributed by atoms with Gasteiger partial charge in [0.1, 0.15) is 35.7 Å². The van der Waals surface area contributed by atoms with E-state index in [0.29, 0.717) is 12.0 Å². The zero-order chi connectivity index (χ0) is 48.9. The molecule has 0 saturated carbocycles. The number of aliphatic hydroxyl groups is 1. The number of phenolic OH excluding ortho intramolecular Hbond substituents is 2. The molecule has 4 bridgehead atoms. The van der Waals surface area contributed by atoms with Crippen LogP contribution in [0.1, 0.15) is 134 Å². The molecule has 2 aromatic carbocycles. The summed E-state index contributed by atoms with van der Waals surface area (Å²) in [6.45, 7) is 4.35. The summed E-state index contributed by atoms with van der Waals surface area (Å²) >= 11 is 0. The van der Waals surface area contributed by atoms with Gasteiger partial charge in [-0.05, 0) is 54.2 Å². The van der Waals surface area contributed by atoms with Crippen LogP contribution in [0.5, 0.6) is 11.5 Å². The van der Waals surface area contributed by atoms with Gasteiger partial charge >= 0.3 is 5.97 Å². The van der Waals surface area contributed by atoms with E-state index in [2.05, 4.69) is 28.2 Å². The predicted octanol–water partition coefficient (Wildman–Crippen LogP) is 3.74. The molecule has 2 aromatic rings. The van der Waals surface area contributed by atoms with Crippen LogP contribution >= 0.6 is 0 Å². The van der Waals surface area contributed by atoms with Gasteiger partial charge < -0.3 is 57.2 Å². The molecule has 0 saturated heterocycles. The SMILES string of the molecule is CCCCCCCCCCCCCCCC(=O)N(C)[C@H](CO)C(=O)N[C@H](N)C(=O)NCC(=O)N(C)[C@@H]1C(=O)N[C@@H](CC(C)C)C(=O)N[C@H](C(=O)O)Cc2ccc(O)c(c2)-c2cc1ccc2O. The van der Waals surface area contributed by atoms with Crippen LogP contribution in [-0.4, -0.2) is 123 Å². The van der Waals surface area contributed by atoms with Crippen molar-refractivity contribution in [3.05, 3.63) is 47.5 Å². The summed E-state index contributed by atoms with van der Waals surface area (Å²) < 4.78 is 0. The zero-order valence-corrected chi connectivity index (χ0v) is 39.3. The van der Waals surface area contributed by atoms with Crippen LogP contribution in [0.25, 0.3) is 11.1 Å². The molecule has 366 valence electrons. The van der Waals surface area contributed by atoms with Gasteiger partial charge in [0.05, 0.1) is 13.2 Å². The van der Waals surface area contributed by atoms with Crippen molar-refractivity contribution < 1.29 is 54.0 Å². The smallest absolute Gasteiger partial charge is 0.326 e. The largest absolute Gasteiger partial charge is 0.507 e. The van der Waals surface area contributed by atoms with Crippen molar-refractivity contribution in [2.45, 2.75) is 154 Å². The molecule has 1 aliphatic heterocycles. The van der Waals surface area contributed by atoms with E-state index < -0.39 is 79.0 Å². The van der Waals surface area contributed by atoms with Crippen molar-refractivity contribution in [3.63, 3.8) is 0 Å². The van der Waals surface area contributed by atoms with E-state index in [1.54, 1.807) is 13.8 Å². The van der Waals surface area contributed by atoms with Crippen molar-refractivity contribution in [1.82, 2.24) is 31.1 Å². The third-order valence-corrected chi connectivity index (χ3v) is 11.9. The van der Waals surface area contributed by atoms with Gasteiger partial charge in [0.2, 0.25) is 29.5 Å². The van der Waals surface area contributed by atoms with Crippen molar-refractivity contribution in [3.8, 4) is 22.6 Å². The Labute approximate surface area is 388 Å². The number of likely N-dealkylation sites (N-methyl/N-ethyl adjacent to an activating group) is 2. The molecule has 1 aliphatic rings. The lowest BCUT2D eigenvalue weighted by molar-refractivity contribution is -0.143. The van der Waals surface area contributed by atoms with Gasteiger partial charge in [0, 0.05) is 38.1 Å². The number of phenols is 2. The van der Waals surface area contributed by atoms with Crippen molar-refractivity contribution >= 4 is 41.4 Å². The van der Waals surface area contributed by atoms with Crippen LogP contribution in [0.4, 0.5) is 0 Å². The highest BCUT2D eigenvalue weighted by Gasteiger charge is 2.35. The first-order chi connectivity index (χ1) is 31.4. The van der Waals surface area contributed by atoms with E-state index in [1.807, 2.05) is 0 Å². The highest BCUT2D eigenvalue weighted by Crippen LogP contribution is 2.39. The Hall–Kier alpha value is -5.75. The highest BCUT2D eigenvalue weighted by molar-refractivity contribution is 5.96. The number of fused-ring (bicyclic) bond motifs is 5. The molecule has 0 unspecified atom stereocenters. The van der Waals surface area contributed by atoms with Crippen LogP contribution in [0.15, 0.2) is 36.4 Å². The Kier molecular flexibility index (Phi) is 22.9. The third-order valence-electron chi connectivity index (χ3n) is 11.9. The number of aliphatic hydroxyl groups excluding tert-OH is 1. The number of carboxylic acid groups (broad SMARTS) is 1. The van der Waals surface area contributed by atoms with Crippen molar-refractivity contribution in [2.75, 3.05) is 27.2 Å². The Morgan fingerprint density at radius 1 is 0.773 bits per heavy atom. The van der Waals surface area contributed by atoms with E-state index >= 15 is 0 Å². The molecule has 3 rings (SSSR count). The number of amides is 6. The van der Waals surface area contributed by atoms with Crippen LogP contribution in [0.2, 0.25) is 0 Å². The standard InChI is InChI=1S/C48H73N7O11/c1-6-7-8-9-10-11-12-13-14-15-16-17-18-19-40(59)54(4)37(29-56)45(62)53-43(49)47(64)50-28-41(60)55(5)42-32-21-23-39(58)34(27-32)33-25-31(20-22-38(33)57)26-36(48(65)66)52-44(61)35(24-30(2)3)51-46(42)63/h20-23,25,27,30,35-37,42-43,56-58H,6-19,24,26,28-29,49H2,1-5H3,(H,50,64)(H,51,63)(H,52,61)(H,53,62)(H,65,66)/t35-,36-,37+,42-,43-/m0/s1. The number of carboxylic acids is 1. The second-order valence-electron chi connectivity index (χ2n) is 17.7. The Morgan fingerprint density at radius 2 is 1.33 bits per heavy atom. The first-order valence-electron chi connectivity index (χ1n) is 23.3. The van der Waals surface area contributed by atoms with E-state index in [9.17, 15) is 54.0 Å². The summed E-state index contributed by atoms with van der Waals surface area (Å²) in [4.78, 5) is 95.1. The first-order valence-corrected chi connectivity index (χ1v) is 23.3. The maximum absolute atomic E-state index is 14.2. The number of aromatic hydroxyl groups is 2. The number of nitrogens with two attached hydrogens (primary N) is 1. The summed E-state index contributed by atoms with van der Waals surface area (Å²) in [7, 11) is 2.65. The summed E-state index contributed by atoms with van der Waals surface area (Å²) in [6, 6.07) is 2.74. The van der Waals surface area contributed by atoms with Crippen molar-refractivity contribution in [2.24, 2.45) is 11.7 Å². The van der Waals surface area contributed by atoms with Gasteiger partial charge in [-0.15, -0.1) is 0 Å². The lowest BCUT2D eigenvalue weighted by atomic mass is 9.93.